The first-order chi connectivity index (χ1) is 22.2. The van der Waals surface area contributed by atoms with Crippen LogP contribution in [0.4, 0.5) is 5.82 Å². The number of carbonyl (C=O) groups is 2. The largest absolute Gasteiger partial charge is 0.438 e. The number of aromatic nitrogens is 3. The SMILES string of the molecule is CC(C)(C)C(=O)OCOP(=O)(CS(=O)(=O)C[C@H]1O[C@@H](n2ccc3c(NC4CCCC4)nc(Cl)nc32)[C@H](O)[C@@H]1O)OCOC(=O)C(C)(C)C. The summed E-state index contributed by atoms with van der Waals surface area (Å²) in [4.78, 5) is 32.9. The standard InChI is InChI=1S/C29H44ClN4O12PS/c1-28(2,3)25(37)42-14-44-47(39,45-15-43-26(38)29(4,5)6)16-48(40,41)13-19-20(35)21(36)24(46-19)34-12-11-18-22(31-17-9-7-8-10-17)32-27(30)33-23(18)34/h11-12,17,19-21,24,35-36H,7-10,13-16H2,1-6H3,(H,31,32,33)/t19-,20-,21-,24-/m1/s1. The monoisotopic (exact) mass is 738 g/mol. The molecule has 1 saturated carbocycles. The summed E-state index contributed by atoms with van der Waals surface area (Å²) in [6, 6.07) is 1.91. The van der Waals surface area contributed by atoms with Gasteiger partial charge in [0.2, 0.25) is 18.9 Å². The number of ether oxygens (including phenoxy) is 3. The second-order valence-corrected chi connectivity index (χ2v) is 18.9. The zero-order valence-electron chi connectivity index (χ0n) is 27.8. The molecule has 1 saturated heterocycles. The lowest BCUT2D eigenvalue weighted by Gasteiger charge is -2.22. The van der Waals surface area contributed by atoms with Gasteiger partial charge in [-0.2, -0.15) is 4.98 Å². The number of esters is 2. The third-order valence-electron chi connectivity index (χ3n) is 7.73. The van der Waals surface area contributed by atoms with Crippen LogP contribution in [-0.4, -0.2) is 94.3 Å². The lowest BCUT2D eigenvalue weighted by molar-refractivity contribution is -0.161. The summed E-state index contributed by atoms with van der Waals surface area (Å²) in [5.41, 5.74) is -2.84. The summed E-state index contributed by atoms with van der Waals surface area (Å²) < 4.78 is 67.8. The summed E-state index contributed by atoms with van der Waals surface area (Å²) >= 11 is 6.23. The number of carbonyl (C=O) groups excluding carboxylic acids is 2. The van der Waals surface area contributed by atoms with Gasteiger partial charge in [0.15, 0.2) is 21.6 Å². The van der Waals surface area contributed by atoms with Crippen molar-refractivity contribution in [3.63, 3.8) is 0 Å². The van der Waals surface area contributed by atoms with E-state index in [9.17, 15) is 32.8 Å². The topological polar surface area (TPSA) is 215 Å². The van der Waals surface area contributed by atoms with Crippen molar-refractivity contribution >= 4 is 57.8 Å². The smallest absolute Gasteiger partial charge is 0.351 e. The fourth-order valence-corrected chi connectivity index (χ4v) is 9.48. The first kappa shape index (κ1) is 38.4. The maximum Gasteiger partial charge on any atom is 0.351 e. The van der Waals surface area contributed by atoms with E-state index in [-0.39, 0.29) is 17.0 Å². The van der Waals surface area contributed by atoms with Crippen molar-refractivity contribution in [3.05, 3.63) is 17.5 Å². The fourth-order valence-electron chi connectivity index (χ4n) is 5.09. The molecule has 48 heavy (non-hydrogen) atoms. The Bertz CT molecular complexity index is 1600. The maximum absolute atomic E-state index is 13.6. The van der Waals surface area contributed by atoms with Gasteiger partial charge in [0.1, 0.15) is 29.8 Å². The number of halogens is 1. The lowest BCUT2D eigenvalue weighted by atomic mass is 9.98. The van der Waals surface area contributed by atoms with Crippen LogP contribution in [0.25, 0.3) is 11.0 Å². The molecule has 1 aliphatic heterocycles. The second-order valence-electron chi connectivity index (χ2n) is 14.0. The van der Waals surface area contributed by atoms with Crippen LogP contribution in [-0.2, 0) is 47.2 Å². The summed E-state index contributed by atoms with van der Waals surface area (Å²) in [6.45, 7) is 7.59. The van der Waals surface area contributed by atoms with Gasteiger partial charge in [-0.25, -0.2) is 13.4 Å². The van der Waals surface area contributed by atoms with Gasteiger partial charge in [0.05, 0.1) is 22.0 Å². The number of hydrogen-bond donors (Lipinski definition) is 3. The van der Waals surface area contributed by atoms with E-state index in [1.54, 1.807) is 53.8 Å². The van der Waals surface area contributed by atoms with Gasteiger partial charge in [0, 0.05) is 12.2 Å². The van der Waals surface area contributed by atoms with Gasteiger partial charge in [-0.05, 0) is 72.1 Å². The molecule has 0 unspecified atom stereocenters. The molecule has 4 rings (SSSR count). The van der Waals surface area contributed by atoms with Gasteiger partial charge in [-0.1, -0.05) is 12.8 Å². The molecule has 3 heterocycles. The number of nitrogens with one attached hydrogen (secondary N) is 1. The van der Waals surface area contributed by atoms with Crippen molar-refractivity contribution in [1.29, 1.82) is 0 Å². The van der Waals surface area contributed by atoms with Crippen LogP contribution in [0.2, 0.25) is 5.28 Å². The molecule has 270 valence electrons. The van der Waals surface area contributed by atoms with Crippen LogP contribution in [0.15, 0.2) is 12.3 Å². The average molecular weight is 739 g/mol. The predicted octanol–water partition coefficient (Wildman–Crippen LogP) is 3.75. The predicted molar refractivity (Wildman–Crippen MR) is 174 cm³/mol. The van der Waals surface area contributed by atoms with Crippen LogP contribution in [0.1, 0.15) is 73.5 Å². The van der Waals surface area contributed by atoms with E-state index in [2.05, 4.69) is 15.3 Å². The number of rotatable bonds is 13. The number of sulfone groups is 1. The molecule has 16 nitrogen and oxygen atoms in total. The number of aliphatic hydroxyl groups excluding tert-OH is 2. The zero-order chi connectivity index (χ0) is 35.7. The van der Waals surface area contributed by atoms with Crippen LogP contribution >= 0.6 is 19.2 Å². The molecule has 19 heteroatoms. The molecule has 0 bridgehead atoms. The lowest BCUT2D eigenvalue weighted by Crippen LogP contribution is -2.36. The van der Waals surface area contributed by atoms with Gasteiger partial charge >= 0.3 is 19.5 Å². The molecular weight excluding hydrogens is 695 g/mol. The van der Waals surface area contributed by atoms with Crippen LogP contribution in [0.5, 0.6) is 0 Å². The number of anilines is 1. The highest BCUT2D eigenvalue weighted by Gasteiger charge is 2.47. The fraction of sp³-hybridized carbons (Fsp3) is 0.724. The van der Waals surface area contributed by atoms with E-state index in [1.807, 2.05) is 0 Å². The molecule has 3 N–H and O–H groups in total. The Labute approximate surface area is 284 Å². The van der Waals surface area contributed by atoms with E-state index >= 15 is 0 Å². The minimum atomic E-state index is -4.66. The van der Waals surface area contributed by atoms with Crippen molar-refractivity contribution in [3.8, 4) is 0 Å². The Morgan fingerprint density at radius 3 is 2.12 bits per heavy atom. The number of hydrogen-bond acceptors (Lipinski definition) is 15. The quantitative estimate of drug-likeness (QED) is 0.115. The molecule has 0 amide bonds. The van der Waals surface area contributed by atoms with Crippen molar-refractivity contribution in [2.24, 2.45) is 10.8 Å². The van der Waals surface area contributed by atoms with Gasteiger partial charge in [0.25, 0.3) is 0 Å². The molecule has 0 aromatic carbocycles. The minimum Gasteiger partial charge on any atom is -0.438 e. The Morgan fingerprint density at radius 1 is 1.02 bits per heavy atom. The minimum absolute atomic E-state index is 0.0628. The summed E-state index contributed by atoms with van der Waals surface area (Å²) in [6.07, 6.45) is -0.329. The summed E-state index contributed by atoms with van der Waals surface area (Å²) in [7, 11) is -9.11. The molecule has 0 radical (unpaired) electrons. The van der Waals surface area contributed by atoms with Crippen molar-refractivity contribution in [2.45, 2.75) is 97.8 Å². The first-order valence-electron chi connectivity index (χ1n) is 15.4. The molecule has 1 aliphatic carbocycles. The van der Waals surface area contributed by atoms with Gasteiger partial charge in [-0.15, -0.1) is 0 Å². The van der Waals surface area contributed by atoms with Gasteiger partial charge in [-0.3, -0.25) is 23.2 Å². The molecule has 2 fully saturated rings. The highest BCUT2D eigenvalue weighted by Crippen LogP contribution is 2.50. The van der Waals surface area contributed by atoms with Gasteiger partial charge < -0.3 is 34.3 Å². The third-order valence-corrected chi connectivity index (χ3v) is 12.6. The Hall–Kier alpha value is -2.37. The van der Waals surface area contributed by atoms with E-state index in [1.165, 1.54) is 4.57 Å². The average Bonchev–Trinajstić information content (AvgIpc) is 3.68. The van der Waals surface area contributed by atoms with Crippen LogP contribution < -0.4 is 5.32 Å². The normalized spacial score (nSPS) is 22.7. The van der Waals surface area contributed by atoms with Crippen molar-refractivity contribution in [2.75, 3.05) is 30.1 Å². The van der Waals surface area contributed by atoms with E-state index in [4.69, 9.17) is 34.9 Å². The van der Waals surface area contributed by atoms with Crippen LogP contribution in [0.3, 0.4) is 0 Å². The maximum atomic E-state index is 13.6. The first-order valence-corrected chi connectivity index (χ1v) is 19.4. The molecular formula is C29H44ClN4O12PS. The Morgan fingerprint density at radius 2 is 1.58 bits per heavy atom. The second kappa shape index (κ2) is 14.9. The Kier molecular flexibility index (Phi) is 11.9. The highest BCUT2D eigenvalue weighted by molar-refractivity contribution is 7.97. The van der Waals surface area contributed by atoms with Crippen molar-refractivity contribution < 1.29 is 56.0 Å². The summed E-state index contributed by atoms with van der Waals surface area (Å²) in [5.74, 6) is -1.85. The van der Waals surface area contributed by atoms with E-state index < -0.39 is 89.6 Å². The molecule has 2 aliphatic rings. The molecule has 2 aromatic rings. The Balaban J connectivity index is 1.49. The molecule has 4 atom stereocenters. The van der Waals surface area contributed by atoms with E-state index in [0.717, 1.165) is 25.7 Å². The molecule has 2 aromatic heterocycles. The number of aliphatic hydroxyl groups is 2. The molecule has 0 spiro atoms. The summed E-state index contributed by atoms with van der Waals surface area (Å²) in [5, 5.41) is 25.7. The van der Waals surface area contributed by atoms with Crippen LogP contribution in [0, 0.1) is 10.8 Å². The third kappa shape index (κ3) is 9.65. The van der Waals surface area contributed by atoms with Crippen molar-refractivity contribution in [1.82, 2.24) is 14.5 Å². The zero-order valence-corrected chi connectivity index (χ0v) is 30.2. The number of nitrogens with zero attached hydrogens (tertiary/aromatic N) is 3. The van der Waals surface area contributed by atoms with E-state index in [0.29, 0.717) is 11.2 Å². The highest BCUT2D eigenvalue weighted by atomic mass is 35.5. The number of fused-ring (bicyclic) bond motifs is 1.